The van der Waals surface area contributed by atoms with Gasteiger partial charge in [-0.2, -0.15) is 0 Å². The Morgan fingerprint density at radius 1 is 0.868 bits per heavy atom. The van der Waals surface area contributed by atoms with E-state index in [1.807, 2.05) is 24.4 Å². The molecule has 0 amide bonds. The minimum atomic E-state index is 0.793. The van der Waals surface area contributed by atoms with Crippen LogP contribution < -0.4 is 5.32 Å². The van der Waals surface area contributed by atoms with Crippen molar-refractivity contribution in [2.75, 3.05) is 13.1 Å². The SMILES string of the molecule is CCNCc1cc(CC)cc(-c2ccc3c(c2)C(c2nc4c(-c5ccccn5)cccc4[nH]2)=NCCC3)c1. The second-order valence-electron chi connectivity index (χ2n) is 9.88. The van der Waals surface area contributed by atoms with Gasteiger partial charge in [0.15, 0.2) is 5.82 Å². The molecule has 5 nitrogen and oxygen atoms in total. The van der Waals surface area contributed by atoms with Crippen molar-refractivity contribution in [3.63, 3.8) is 0 Å². The van der Waals surface area contributed by atoms with Crippen molar-refractivity contribution in [2.45, 2.75) is 39.7 Å². The summed E-state index contributed by atoms with van der Waals surface area (Å²) in [6.45, 7) is 7.01. The number of aromatic amines is 1. The zero-order valence-electron chi connectivity index (χ0n) is 22.1. The van der Waals surface area contributed by atoms with Gasteiger partial charge >= 0.3 is 0 Å². The Morgan fingerprint density at radius 3 is 2.63 bits per heavy atom. The number of benzene rings is 3. The number of H-pyrrole nitrogens is 1. The lowest BCUT2D eigenvalue weighted by Gasteiger charge is -2.13. The molecular weight excluding hydrogens is 466 g/mol. The van der Waals surface area contributed by atoms with Gasteiger partial charge in [-0.15, -0.1) is 0 Å². The highest BCUT2D eigenvalue weighted by Crippen LogP contribution is 2.30. The van der Waals surface area contributed by atoms with Crippen molar-refractivity contribution >= 4 is 16.7 Å². The van der Waals surface area contributed by atoms with Crippen LogP contribution in [-0.4, -0.2) is 33.8 Å². The molecule has 190 valence electrons. The Morgan fingerprint density at radius 2 is 1.79 bits per heavy atom. The Bertz CT molecular complexity index is 1610. The Hall–Kier alpha value is -4.09. The zero-order chi connectivity index (χ0) is 25.9. The van der Waals surface area contributed by atoms with Gasteiger partial charge in [-0.05, 0) is 84.0 Å². The molecule has 6 rings (SSSR count). The smallest absolute Gasteiger partial charge is 0.157 e. The predicted molar refractivity (Wildman–Crippen MR) is 157 cm³/mol. The molecule has 0 saturated carbocycles. The maximum absolute atomic E-state index is 5.10. The maximum Gasteiger partial charge on any atom is 0.157 e. The average Bonchev–Trinajstić information content (AvgIpc) is 3.29. The van der Waals surface area contributed by atoms with Crippen LogP contribution in [-0.2, 0) is 19.4 Å². The Kier molecular flexibility index (Phi) is 6.84. The van der Waals surface area contributed by atoms with Gasteiger partial charge in [-0.3, -0.25) is 9.98 Å². The monoisotopic (exact) mass is 499 g/mol. The van der Waals surface area contributed by atoms with E-state index < -0.39 is 0 Å². The van der Waals surface area contributed by atoms with Gasteiger partial charge in [0, 0.05) is 30.4 Å². The van der Waals surface area contributed by atoms with E-state index in [2.05, 4.69) is 83.7 Å². The molecule has 0 radical (unpaired) electrons. The van der Waals surface area contributed by atoms with Crippen LogP contribution in [0.3, 0.4) is 0 Å². The normalized spacial score (nSPS) is 13.3. The number of nitrogens with zero attached hydrogens (tertiary/aromatic N) is 3. The van der Waals surface area contributed by atoms with Crippen molar-refractivity contribution in [3.05, 3.63) is 107 Å². The number of hydrogen-bond acceptors (Lipinski definition) is 4. The Labute approximate surface area is 224 Å². The number of para-hydroxylation sites is 1. The summed E-state index contributed by atoms with van der Waals surface area (Å²) in [6, 6.07) is 26.0. The summed E-state index contributed by atoms with van der Waals surface area (Å²) < 4.78 is 0. The molecule has 5 aromatic rings. The summed E-state index contributed by atoms with van der Waals surface area (Å²) in [7, 11) is 0. The van der Waals surface area contributed by atoms with Gasteiger partial charge in [-0.1, -0.05) is 56.3 Å². The lowest BCUT2D eigenvalue weighted by Crippen LogP contribution is -2.12. The van der Waals surface area contributed by atoms with E-state index in [9.17, 15) is 0 Å². The molecule has 0 bridgehead atoms. The number of aromatic nitrogens is 3. The first-order chi connectivity index (χ1) is 18.7. The van der Waals surface area contributed by atoms with Gasteiger partial charge < -0.3 is 10.3 Å². The average molecular weight is 500 g/mol. The number of pyridine rings is 1. The molecule has 0 unspecified atom stereocenters. The second-order valence-corrected chi connectivity index (χ2v) is 9.88. The Balaban J connectivity index is 1.45. The van der Waals surface area contributed by atoms with Crippen molar-refractivity contribution in [2.24, 2.45) is 4.99 Å². The molecule has 0 atom stereocenters. The van der Waals surface area contributed by atoms with Gasteiger partial charge in [-0.25, -0.2) is 4.98 Å². The molecule has 2 aromatic heterocycles. The summed E-state index contributed by atoms with van der Waals surface area (Å²) >= 11 is 0. The quantitative estimate of drug-likeness (QED) is 0.260. The fourth-order valence-corrected chi connectivity index (χ4v) is 5.32. The van der Waals surface area contributed by atoms with Crippen LogP contribution >= 0.6 is 0 Å². The van der Waals surface area contributed by atoms with Gasteiger partial charge in [0.05, 0.1) is 16.7 Å². The van der Waals surface area contributed by atoms with Gasteiger partial charge in [0.1, 0.15) is 5.71 Å². The van der Waals surface area contributed by atoms with E-state index in [1.165, 1.54) is 33.4 Å². The molecular formula is C33H33N5. The van der Waals surface area contributed by atoms with E-state index in [0.29, 0.717) is 0 Å². The van der Waals surface area contributed by atoms with Crippen molar-refractivity contribution in [1.82, 2.24) is 20.3 Å². The van der Waals surface area contributed by atoms with Crippen molar-refractivity contribution in [1.29, 1.82) is 0 Å². The maximum atomic E-state index is 5.10. The van der Waals surface area contributed by atoms with Crippen LogP contribution in [0.1, 0.15) is 48.3 Å². The predicted octanol–water partition coefficient (Wildman–Crippen LogP) is 6.75. The molecule has 1 aliphatic heterocycles. The van der Waals surface area contributed by atoms with E-state index in [-0.39, 0.29) is 0 Å². The lowest BCUT2D eigenvalue weighted by molar-refractivity contribution is 0.726. The third-order valence-corrected chi connectivity index (χ3v) is 7.29. The largest absolute Gasteiger partial charge is 0.337 e. The van der Waals surface area contributed by atoms with E-state index in [4.69, 9.17) is 9.98 Å². The van der Waals surface area contributed by atoms with Crippen LogP contribution in [0.15, 0.2) is 84.0 Å². The molecule has 0 fully saturated rings. The van der Waals surface area contributed by atoms with Crippen LogP contribution in [0.25, 0.3) is 33.4 Å². The third kappa shape index (κ3) is 4.77. The zero-order valence-corrected chi connectivity index (χ0v) is 22.1. The van der Waals surface area contributed by atoms with E-state index in [0.717, 1.165) is 72.7 Å². The molecule has 3 aromatic carbocycles. The fourth-order valence-electron chi connectivity index (χ4n) is 5.32. The number of rotatable bonds is 7. The van der Waals surface area contributed by atoms with Crippen LogP contribution in [0.5, 0.6) is 0 Å². The molecule has 0 spiro atoms. The highest BCUT2D eigenvalue weighted by atomic mass is 15.0. The molecule has 38 heavy (non-hydrogen) atoms. The standard InChI is InChI=1S/C33H33N5/c1-3-22-17-23(21-34-4-2)19-26(18-22)25-14-13-24-9-8-16-36-32(28(24)20-25)33-37-30-12-7-10-27(31(30)38-33)29-11-5-6-15-35-29/h5-7,10-15,17-20,34H,3-4,8-9,16,21H2,1-2H3,(H,37,38). The first kappa shape index (κ1) is 24.3. The van der Waals surface area contributed by atoms with Crippen molar-refractivity contribution < 1.29 is 0 Å². The summed E-state index contributed by atoms with van der Waals surface area (Å²) in [5.74, 6) is 0.818. The molecule has 1 aliphatic rings. The molecule has 2 N–H and O–H groups in total. The van der Waals surface area contributed by atoms with E-state index in [1.54, 1.807) is 0 Å². The number of hydrogen-bond donors (Lipinski definition) is 2. The molecule has 5 heteroatoms. The van der Waals surface area contributed by atoms with E-state index >= 15 is 0 Å². The van der Waals surface area contributed by atoms with Gasteiger partial charge in [0.2, 0.25) is 0 Å². The summed E-state index contributed by atoms with van der Waals surface area (Å²) in [5.41, 5.74) is 12.5. The van der Waals surface area contributed by atoms with Crippen LogP contribution in [0.4, 0.5) is 0 Å². The molecule has 0 aliphatic carbocycles. The number of imidazole rings is 1. The number of nitrogens with one attached hydrogen (secondary N) is 2. The second kappa shape index (κ2) is 10.7. The fraction of sp³-hybridized carbons (Fsp3) is 0.242. The minimum Gasteiger partial charge on any atom is -0.337 e. The lowest BCUT2D eigenvalue weighted by atomic mass is 9.92. The first-order valence-electron chi connectivity index (χ1n) is 13.7. The number of aliphatic imine (C=N–C) groups is 1. The molecule has 3 heterocycles. The van der Waals surface area contributed by atoms with Gasteiger partial charge in [0.25, 0.3) is 0 Å². The summed E-state index contributed by atoms with van der Waals surface area (Å²) in [4.78, 5) is 18.3. The topological polar surface area (TPSA) is 66.0 Å². The number of aryl methyl sites for hydroxylation is 2. The summed E-state index contributed by atoms with van der Waals surface area (Å²) in [6.07, 6.45) is 4.89. The minimum absolute atomic E-state index is 0.793. The van der Waals surface area contributed by atoms with Crippen LogP contribution in [0, 0.1) is 0 Å². The first-order valence-corrected chi connectivity index (χ1v) is 13.7. The number of fused-ring (bicyclic) bond motifs is 2. The summed E-state index contributed by atoms with van der Waals surface area (Å²) in [5, 5.41) is 3.47. The highest BCUT2D eigenvalue weighted by Gasteiger charge is 2.20. The highest BCUT2D eigenvalue weighted by molar-refractivity contribution is 6.14. The molecule has 0 saturated heterocycles. The third-order valence-electron chi connectivity index (χ3n) is 7.29. The van der Waals surface area contributed by atoms with Crippen molar-refractivity contribution in [3.8, 4) is 22.4 Å². The van der Waals surface area contributed by atoms with Crippen LogP contribution in [0.2, 0.25) is 0 Å².